The Morgan fingerprint density at radius 3 is 2.67 bits per heavy atom. The predicted molar refractivity (Wildman–Crippen MR) is 56.6 cm³/mol. The van der Waals surface area contributed by atoms with E-state index >= 15 is 0 Å². The van der Waals surface area contributed by atoms with Crippen LogP contribution in [-0.4, -0.2) is 5.75 Å². The van der Waals surface area contributed by atoms with Gasteiger partial charge in [0, 0.05) is 0 Å². The van der Waals surface area contributed by atoms with E-state index in [0.717, 1.165) is 23.5 Å². The molecule has 12 heavy (non-hydrogen) atoms. The predicted octanol–water partition coefficient (Wildman–Crippen LogP) is 3.38. The Morgan fingerprint density at radius 1 is 1.42 bits per heavy atom. The maximum absolute atomic E-state index is 4.38. The Bertz CT molecular complexity index is 174. The average Bonchev–Trinajstić information content (AvgIpc) is 2.57. The molecule has 2 fully saturated rings. The summed E-state index contributed by atoms with van der Waals surface area (Å²) in [6.45, 7) is 4.96. The molecule has 0 aromatic heterocycles. The van der Waals surface area contributed by atoms with Gasteiger partial charge in [-0.25, -0.2) is 0 Å². The average molecular weight is 184 g/mol. The van der Waals surface area contributed by atoms with Crippen LogP contribution in [-0.2, 0) is 0 Å². The lowest BCUT2D eigenvalue weighted by Gasteiger charge is -2.39. The van der Waals surface area contributed by atoms with Crippen molar-refractivity contribution in [2.75, 3.05) is 5.75 Å². The monoisotopic (exact) mass is 184 g/mol. The highest BCUT2D eigenvalue weighted by molar-refractivity contribution is 7.80. The Balaban J connectivity index is 2.15. The van der Waals surface area contributed by atoms with Gasteiger partial charge in [-0.2, -0.15) is 12.6 Å². The summed E-state index contributed by atoms with van der Waals surface area (Å²) in [5.74, 6) is 4.12. The Morgan fingerprint density at radius 2 is 2.17 bits per heavy atom. The fraction of sp³-hybridized carbons (Fsp3) is 1.00. The summed E-state index contributed by atoms with van der Waals surface area (Å²) >= 11 is 4.38. The van der Waals surface area contributed by atoms with E-state index in [-0.39, 0.29) is 0 Å². The number of thiol groups is 1. The molecule has 1 heteroatoms. The maximum atomic E-state index is 4.38. The quantitative estimate of drug-likeness (QED) is 0.625. The highest BCUT2D eigenvalue weighted by atomic mass is 32.1. The number of hydrogen-bond donors (Lipinski definition) is 1. The van der Waals surface area contributed by atoms with E-state index < -0.39 is 0 Å². The molecule has 0 amide bonds. The van der Waals surface area contributed by atoms with Gasteiger partial charge in [-0.05, 0) is 54.6 Å². The zero-order valence-electron chi connectivity index (χ0n) is 8.21. The molecule has 70 valence electrons. The first-order valence-corrected chi connectivity index (χ1v) is 5.92. The molecular formula is C11H20S. The molecule has 0 aliphatic heterocycles. The minimum atomic E-state index is 0.644. The van der Waals surface area contributed by atoms with Gasteiger partial charge >= 0.3 is 0 Å². The normalized spacial score (nSPS) is 51.8. The molecule has 0 spiro atoms. The molecule has 2 aliphatic carbocycles. The van der Waals surface area contributed by atoms with Crippen LogP contribution in [0.3, 0.4) is 0 Å². The molecule has 0 aromatic carbocycles. The molecule has 2 bridgehead atoms. The van der Waals surface area contributed by atoms with Crippen LogP contribution in [0.2, 0.25) is 0 Å². The summed E-state index contributed by atoms with van der Waals surface area (Å²) in [6, 6.07) is 0. The number of rotatable bonds is 2. The minimum absolute atomic E-state index is 0.644. The summed E-state index contributed by atoms with van der Waals surface area (Å²) in [5, 5.41) is 0. The number of fused-ring (bicyclic) bond motifs is 2. The standard InChI is InChI=1S/C11H20S/c1-8-9-3-4-10(7-9)11(8,2)5-6-12/h8-10,12H,3-7H2,1-2H3. The molecule has 2 aliphatic rings. The summed E-state index contributed by atoms with van der Waals surface area (Å²) < 4.78 is 0. The van der Waals surface area contributed by atoms with Crippen LogP contribution in [0.4, 0.5) is 0 Å². The van der Waals surface area contributed by atoms with Gasteiger partial charge in [-0.15, -0.1) is 0 Å². The van der Waals surface area contributed by atoms with Crippen molar-refractivity contribution in [2.45, 2.75) is 39.5 Å². The Labute approximate surface area is 81.5 Å². The van der Waals surface area contributed by atoms with Gasteiger partial charge < -0.3 is 0 Å². The molecular weight excluding hydrogens is 164 g/mol. The smallest absolute Gasteiger partial charge is 0.00925 e. The zero-order valence-corrected chi connectivity index (χ0v) is 9.11. The van der Waals surface area contributed by atoms with Gasteiger partial charge in [0.2, 0.25) is 0 Å². The van der Waals surface area contributed by atoms with Gasteiger partial charge in [0.15, 0.2) is 0 Å². The molecule has 2 saturated carbocycles. The fourth-order valence-electron chi connectivity index (χ4n) is 3.65. The van der Waals surface area contributed by atoms with Gasteiger partial charge in [0.05, 0.1) is 0 Å². The molecule has 2 rings (SSSR count). The van der Waals surface area contributed by atoms with Crippen molar-refractivity contribution in [1.29, 1.82) is 0 Å². The first-order chi connectivity index (χ1) is 5.68. The van der Waals surface area contributed by atoms with Crippen molar-refractivity contribution in [3.05, 3.63) is 0 Å². The molecule has 4 atom stereocenters. The van der Waals surface area contributed by atoms with E-state index in [1.165, 1.54) is 25.7 Å². The number of hydrogen-bond acceptors (Lipinski definition) is 1. The summed E-state index contributed by atoms with van der Waals surface area (Å²) in [4.78, 5) is 0. The van der Waals surface area contributed by atoms with Crippen LogP contribution < -0.4 is 0 Å². The van der Waals surface area contributed by atoms with Gasteiger partial charge in [0.1, 0.15) is 0 Å². The fourth-order valence-corrected chi connectivity index (χ4v) is 4.13. The van der Waals surface area contributed by atoms with Crippen molar-refractivity contribution >= 4 is 12.6 Å². The third-order valence-corrected chi connectivity index (χ3v) is 5.03. The van der Waals surface area contributed by atoms with Crippen molar-refractivity contribution in [3.63, 3.8) is 0 Å². The van der Waals surface area contributed by atoms with Crippen LogP contribution in [0, 0.1) is 23.2 Å². The molecule has 4 unspecified atom stereocenters. The lowest BCUT2D eigenvalue weighted by Crippen LogP contribution is -2.32. The Kier molecular flexibility index (Phi) is 2.18. The van der Waals surface area contributed by atoms with Crippen molar-refractivity contribution in [1.82, 2.24) is 0 Å². The lowest BCUT2D eigenvalue weighted by atomic mass is 9.66. The molecule has 0 saturated heterocycles. The second kappa shape index (κ2) is 2.94. The SMILES string of the molecule is CC1C2CCC(C2)C1(C)CCS. The maximum Gasteiger partial charge on any atom is -0.00925 e. The third-order valence-electron chi connectivity index (χ3n) is 4.80. The van der Waals surface area contributed by atoms with E-state index in [1.807, 2.05) is 0 Å². The minimum Gasteiger partial charge on any atom is -0.179 e. The topological polar surface area (TPSA) is 0 Å². The van der Waals surface area contributed by atoms with E-state index in [2.05, 4.69) is 26.5 Å². The third kappa shape index (κ3) is 1.05. The van der Waals surface area contributed by atoms with Gasteiger partial charge in [0.25, 0.3) is 0 Å². The van der Waals surface area contributed by atoms with E-state index in [9.17, 15) is 0 Å². The van der Waals surface area contributed by atoms with Crippen LogP contribution in [0.15, 0.2) is 0 Å². The first-order valence-electron chi connectivity index (χ1n) is 5.29. The summed E-state index contributed by atoms with van der Waals surface area (Å²) in [7, 11) is 0. The summed E-state index contributed by atoms with van der Waals surface area (Å²) in [5.41, 5.74) is 0.644. The highest BCUT2D eigenvalue weighted by Crippen LogP contribution is 2.60. The van der Waals surface area contributed by atoms with Crippen LogP contribution in [0.25, 0.3) is 0 Å². The molecule has 0 heterocycles. The molecule has 0 aromatic rings. The summed E-state index contributed by atoms with van der Waals surface area (Å²) in [6.07, 6.45) is 5.86. The molecule has 0 nitrogen and oxygen atoms in total. The van der Waals surface area contributed by atoms with Crippen LogP contribution in [0.5, 0.6) is 0 Å². The van der Waals surface area contributed by atoms with E-state index in [1.54, 1.807) is 0 Å². The van der Waals surface area contributed by atoms with Crippen LogP contribution >= 0.6 is 12.6 Å². The first kappa shape index (κ1) is 8.93. The highest BCUT2D eigenvalue weighted by Gasteiger charge is 2.52. The molecule has 0 N–H and O–H groups in total. The van der Waals surface area contributed by atoms with Crippen molar-refractivity contribution in [3.8, 4) is 0 Å². The van der Waals surface area contributed by atoms with E-state index in [4.69, 9.17) is 0 Å². The van der Waals surface area contributed by atoms with Crippen LogP contribution in [0.1, 0.15) is 39.5 Å². The van der Waals surface area contributed by atoms with E-state index in [0.29, 0.717) is 5.41 Å². The second-order valence-electron chi connectivity index (χ2n) is 5.04. The molecule has 0 radical (unpaired) electrons. The van der Waals surface area contributed by atoms with Gasteiger partial charge in [-0.3, -0.25) is 0 Å². The van der Waals surface area contributed by atoms with Crippen molar-refractivity contribution < 1.29 is 0 Å². The van der Waals surface area contributed by atoms with Gasteiger partial charge in [-0.1, -0.05) is 13.8 Å². The lowest BCUT2D eigenvalue weighted by molar-refractivity contribution is 0.110. The van der Waals surface area contributed by atoms with Crippen molar-refractivity contribution in [2.24, 2.45) is 23.2 Å². The second-order valence-corrected chi connectivity index (χ2v) is 5.49. The Hall–Kier alpha value is 0.350. The zero-order chi connectivity index (χ0) is 8.77. The largest absolute Gasteiger partial charge is 0.179 e.